The van der Waals surface area contributed by atoms with E-state index in [1.54, 1.807) is 24.3 Å². The van der Waals surface area contributed by atoms with E-state index in [4.69, 9.17) is 9.15 Å². The van der Waals surface area contributed by atoms with Gasteiger partial charge in [0.2, 0.25) is 5.91 Å². The lowest BCUT2D eigenvalue weighted by Crippen LogP contribution is -2.34. The Hall–Kier alpha value is -3.99. The van der Waals surface area contributed by atoms with Gasteiger partial charge in [-0.05, 0) is 42.5 Å². The Labute approximate surface area is 184 Å². The summed E-state index contributed by atoms with van der Waals surface area (Å²) in [5.41, 5.74) is 0.100. The standard InChI is InChI=1S/C21H21N3O7S/c1-24(21(27)19-8-5-11-31-19)13-20(26)22-16-12-14(9-10-17(16)25)32(28,29)23-15-6-3-4-7-18(15)30-2/h3-12,23,25H,13H2,1-2H3,(H,22,26). The molecule has 0 spiro atoms. The molecule has 0 aliphatic carbocycles. The largest absolute Gasteiger partial charge is 0.506 e. The highest BCUT2D eigenvalue weighted by Crippen LogP contribution is 2.30. The van der Waals surface area contributed by atoms with Crippen LogP contribution in [0.1, 0.15) is 10.6 Å². The smallest absolute Gasteiger partial charge is 0.289 e. The summed E-state index contributed by atoms with van der Waals surface area (Å²) in [6.45, 7) is -0.352. The molecule has 1 heterocycles. The van der Waals surface area contributed by atoms with E-state index in [-0.39, 0.29) is 34.3 Å². The zero-order valence-corrected chi connectivity index (χ0v) is 18.0. The maximum atomic E-state index is 12.8. The highest BCUT2D eigenvalue weighted by molar-refractivity contribution is 7.92. The first-order valence-corrected chi connectivity index (χ1v) is 10.8. The third kappa shape index (κ3) is 5.19. The van der Waals surface area contributed by atoms with Gasteiger partial charge in [-0.3, -0.25) is 14.3 Å². The lowest BCUT2D eigenvalue weighted by Gasteiger charge is -2.16. The highest BCUT2D eigenvalue weighted by atomic mass is 32.2. The summed E-state index contributed by atoms with van der Waals surface area (Å²) in [4.78, 5) is 25.5. The van der Waals surface area contributed by atoms with Gasteiger partial charge < -0.3 is 24.5 Å². The topological polar surface area (TPSA) is 138 Å². The summed E-state index contributed by atoms with van der Waals surface area (Å²) in [5.74, 6) is -1.09. The van der Waals surface area contributed by atoms with Crippen molar-refractivity contribution in [2.45, 2.75) is 4.90 Å². The van der Waals surface area contributed by atoms with E-state index in [1.165, 1.54) is 38.6 Å². The lowest BCUT2D eigenvalue weighted by molar-refractivity contribution is -0.116. The summed E-state index contributed by atoms with van der Waals surface area (Å²) >= 11 is 0. The van der Waals surface area contributed by atoms with Crippen LogP contribution in [0, 0.1) is 0 Å². The number of carbonyl (C=O) groups excluding carboxylic acids is 2. The van der Waals surface area contributed by atoms with Crippen molar-refractivity contribution in [1.82, 2.24) is 4.90 Å². The number of furan rings is 1. The van der Waals surface area contributed by atoms with Crippen LogP contribution in [0.5, 0.6) is 11.5 Å². The van der Waals surface area contributed by atoms with Crippen molar-refractivity contribution in [3.63, 3.8) is 0 Å². The van der Waals surface area contributed by atoms with Crippen molar-refractivity contribution in [2.75, 3.05) is 30.7 Å². The lowest BCUT2D eigenvalue weighted by atomic mass is 10.3. The molecule has 0 fully saturated rings. The summed E-state index contributed by atoms with van der Waals surface area (Å²) in [7, 11) is -1.24. The molecule has 0 aliphatic rings. The predicted octanol–water partition coefficient (Wildman–Crippen LogP) is 2.51. The van der Waals surface area contributed by atoms with Crippen LogP contribution >= 0.6 is 0 Å². The molecule has 3 aromatic rings. The number of likely N-dealkylation sites (N-methyl/N-ethyl adjacent to an activating group) is 1. The summed E-state index contributed by atoms with van der Waals surface area (Å²) in [6, 6.07) is 12.9. The van der Waals surface area contributed by atoms with Gasteiger partial charge in [-0.2, -0.15) is 0 Å². The monoisotopic (exact) mass is 459 g/mol. The average Bonchev–Trinajstić information content (AvgIpc) is 3.29. The van der Waals surface area contributed by atoms with Crippen LogP contribution < -0.4 is 14.8 Å². The summed E-state index contributed by atoms with van der Waals surface area (Å²) < 4.78 is 38.1. The van der Waals surface area contributed by atoms with Crippen LogP contribution in [-0.2, 0) is 14.8 Å². The van der Waals surface area contributed by atoms with Crippen LogP contribution in [-0.4, -0.2) is 50.9 Å². The third-order valence-electron chi connectivity index (χ3n) is 4.36. The van der Waals surface area contributed by atoms with Crippen molar-refractivity contribution in [3.05, 3.63) is 66.6 Å². The van der Waals surface area contributed by atoms with E-state index in [9.17, 15) is 23.1 Å². The number of nitrogens with one attached hydrogen (secondary N) is 2. The number of phenols is 1. The number of carbonyl (C=O) groups is 2. The molecule has 0 atom stereocenters. The minimum absolute atomic E-state index is 0.0682. The molecule has 3 N–H and O–H groups in total. The number of hydrogen-bond donors (Lipinski definition) is 3. The Kier molecular flexibility index (Phi) is 6.69. The number of anilines is 2. The molecule has 168 valence electrons. The highest BCUT2D eigenvalue weighted by Gasteiger charge is 2.21. The maximum absolute atomic E-state index is 12.8. The second-order valence-corrected chi connectivity index (χ2v) is 8.35. The number of amides is 2. The molecule has 2 aromatic carbocycles. The van der Waals surface area contributed by atoms with Gasteiger partial charge in [-0.1, -0.05) is 12.1 Å². The van der Waals surface area contributed by atoms with E-state index in [0.717, 1.165) is 17.0 Å². The number of sulfonamides is 1. The number of para-hydroxylation sites is 2. The average molecular weight is 459 g/mol. The first-order chi connectivity index (χ1) is 15.2. The molecule has 2 amide bonds. The Balaban J connectivity index is 1.75. The minimum atomic E-state index is -4.06. The van der Waals surface area contributed by atoms with E-state index >= 15 is 0 Å². The molecule has 0 saturated heterocycles. The number of nitrogens with zero attached hydrogens (tertiary/aromatic N) is 1. The van der Waals surface area contributed by atoms with Crippen LogP contribution in [0.3, 0.4) is 0 Å². The molecule has 0 radical (unpaired) electrons. The van der Waals surface area contributed by atoms with Crippen molar-refractivity contribution in [1.29, 1.82) is 0 Å². The van der Waals surface area contributed by atoms with Crippen molar-refractivity contribution < 1.29 is 32.3 Å². The zero-order chi connectivity index (χ0) is 23.3. The Bertz CT molecular complexity index is 1220. The van der Waals surface area contributed by atoms with Crippen molar-refractivity contribution in [2.24, 2.45) is 0 Å². The molecule has 3 rings (SSSR count). The summed E-state index contributed by atoms with van der Waals surface area (Å²) in [5, 5.41) is 12.5. The number of aromatic hydroxyl groups is 1. The zero-order valence-electron chi connectivity index (χ0n) is 17.2. The van der Waals surface area contributed by atoms with Crippen molar-refractivity contribution >= 4 is 33.2 Å². The molecule has 0 bridgehead atoms. The number of benzene rings is 2. The van der Waals surface area contributed by atoms with E-state index in [2.05, 4.69) is 10.0 Å². The molecule has 11 heteroatoms. The minimum Gasteiger partial charge on any atom is -0.506 e. The Morgan fingerprint density at radius 2 is 1.84 bits per heavy atom. The third-order valence-corrected chi connectivity index (χ3v) is 5.73. The number of phenolic OH excluding ortho intramolecular Hbond substituents is 1. The predicted molar refractivity (Wildman–Crippen MR) is 116 cm³/mol. The first-order valence-electron chi connectivity index (χ1n) is 9.29. The van der Waals surface area contributed by atoms with Gasteiger partial charge in [0.1, 0.15) is 11.5 Å². The maximum Gasteiger partial charge on any atom is 0.289 e. The van der Waals surface area contributed by atoms with Crippen LogP contribution in [0.2, 0.25) is 0 Å². The summed E-state index contributed by atoms with van der Waals surface area (Å²) in [6.07, 6.45) is 1.34. The molecule has 0 unspecified atom stereocenters. The van der Waals surface area contributed by atoms with Crippen molar-refractivity contribution in [3.8, 4) is 11.5 Å². The fraction of sp³-hybridized carbons (Fsp3) is 0.143. The van der Waals surface area contributed by atoms with Gasteiger partial charge in [0.05, 0.1) is 36.2 Å². The van der Waals surface area contributed by atoms with E-state index in [1.807, 2.05) is 0 Å². The van der Waals surface area contributed by atoms with E-state index < -0.39 is 21.8 Å². The van der Waals surface area contributed by atoms with Crippen LogP contribution in [0.4, 0.5) is 11.4 Å². The fourth-order valence-electron chi connectivity index (χ4n) is 2.78. The van der Waals surface area contributed by atoms with Gasteiger partial charge in [0, 0.05) is 7.05 Å². The Morgan fingerprint density at radius 1 is 1.09 bits per heavy atom. The molecular weight excluding hydrogens is 438 g/mol. The number of hydrogen-bond acceptors (Lipinski definition) is 7. The van der Waals surface area contributed by atoms with E-state index in [0.29, 0.717) is 5.75 Å². The van der Waals surface area contributed by atoms with Gasteiger partial charge in [-0.25, -0.2) is 8.42 Å². The van der Waals surface area contributed by atoms with Crippen LogP contribution in [0.25, 0.3) is 0 Å². The van der Waals surface area contributed by atoms with Crippen LogP contribution in [0.15, 0.2) is 70.2 Å². The molecular formula is C21H21N3O7S. The fourth-order valence-corrected chi connectivity index (χ4v) is 3.88. The first kappa shape index (κ1) is 22.7. The van der Waals surface area contributed by atoms with Gasteiger partial charge in [-0.15, -0.1) is 0 Å². The number of rotatable bonds is 8. The second-order valence-electron chi connectivity index (χ2n) is 6.67. The molecule has 32 heavy (non-hydrogen) atoms. The molecule has 0 saturated carbocycles. The normalized spacial score (nSPS) is 10.9. The number of ether oxygens (including phenoxy) is 1. The molecule has 1 aromatic heterocycles. The Morgan fingerprint density at radius 3 is 2.53 bits per heavy atom. The molecule has 10 nitrogen and oxygen atoms in total. The second kappa shape index (κ2) is 9.43. The van der Waals surface area contributed by atoms with Gasteiger partial charge in [0.25, 0.3) is 15.9 Å². The number of methoxy groups -OCH3 is 1. The SMILES string of the molecule is COc1ccccc1NS(=O)(=O)c1ccc(O)c(NC(=O)CN(C)C(=O)c2ccco2)c1. The quantitative estimate of drug-likeness (QED) is 0.440. The molecule has 0 aliphatic heterocycles. The van der Waals surface area contributed by atoms with Gasteiger partial charge >= 0.3 is 0 Å². The van der Waals surface area contributed by atoms with Gasteiger partial charge in [0.15, 0.2) is 5.76 Å².